The second-order valence-corrected chi connectivity index (χ2v) is 13.6. The highest BCUT2D eigenvalue weighted by Gasteiger charge is 2.55. The molecule has 0 spiro atoms. The highest BCUT2D eigenvalue weighted by Crippen LogP contribution is 2.44. The van der Waals surface area contributed by atoms with E-state index in [9.17, 15) is 61.0 Å². The summed E-state index contributed by atoms with van der Waals surface area (Å²) in [6.07, 6.45) is -22.5. The number of hydrogen-bond acceptors (Lipinski definition) is 18. The maximum Gasteiger partial charge on any atom is 0.187 e. The molecule has 3 fully saturated rings. The van der Waals surface area contributed by atoms with E-state index in [0.717, 1.165) is 0 Å². The van der Waals surface area contributed by atoms with Gasteiger partial charge in [-0.1, -0.05) is 19.9 Å². The van der Waals surface area contributed by atoms with Crippen molar-refractivity contribution >= 4 is 5.78 Å². The Labute approximate surface area is 282 Å². The summed E-state index contributed by atoms with van der Waals surface area (Å²) in [7, 11) is 0. The van der Waals surface area contributed by atoms with Crippen LogP contribution in [0.15, 0.2) is 23.8 Å². The fourth-order valence-corrected chi connectivity index (χ4v) is 6.52. The third-order valence-corrected chi connectivity index (χ3v) is 9.66. The van der Waals surface area contributed by atoms with E-state index in [1.807, 2.05) is 0 Å². The molecular weight excluding hydrogens is 660 g/mol. The first-order chi connectivity index (χ1) is 22.9. The summed E-state index contributed by atoms with van der Waals surface area (Å²) in [5, 5.41) is 115. The average Bonchev–Trinajstić information content (AvgIpc) is 3.05. The Hall–Kier alpha value is -1.53. The highest BCUT2D eigenvalue weighted by molar-refractivity contribution is 5.92. The third kappa shape index (κ3) is 8.11. The SMILES string of the molecule is CC1=CC(=O)CC(C)(C)[C@]1(O)/C=C/[C@@H](C)O[C@@H]1O[C@H](CO)[C@@H](O)[C@H](O[C@H]2O[C@@H](CO)[C@H](O)[C@@H](O)[C@@H]2O)[C@H]1O[C@H]1O[C@@H](CO)[C@H](O)[C@@H](O)[C@@H]1O. The zero-order valence-electron chi connectivity index (χ0n) is 27.6. The van der Waals surface area contributed by atoms with Crippen molar-refractivity contribution in [2.45, 2.75) is 138 Å². The van der Waals surface area contributed by atoms with Gasteiger partial charge in [0.25, 0.3) is 0 Å². The highest BCUT2D eigenvalue weighted by atomic mass is 16.8. The average molecular weight is 711 g/mol. The Morgan fingerprint density at radius 1 is 0.755 bits per heavy atom. The van der Waals surface area contributed by atoms with Gasteiger partial charge in [-0.2, -0.15) is 0 Å². The molecule has 0 saturated carbocycles. The van der Waals surface area contributed by atoms with Crippen LogP contribution in [0.1, 0.15) is 34.1 Å². The van der Waals surface area contributed by atoms with Gasteiger partial charge in [-0.15, -0.1) is 0 Å². The summed E-state index contributed by atoms with van der Waals surface area (Å²) in [6, 6.07) is 0. The topological polar surface area (TPSA) is 295 Å². The maximum atomic E-state index is 12.2. The van der Waals surface area contributed by atoms with Gasteiger partial charge >= 0.3 is 0 Å². The molecule has 17 atom stereocenters. The van der Waals surface area contributed by atoms with Crippen LogP contribution in [0, 0.1) is 5.41 Å². The molecular formula is C31H50O18. The zero-order chi connectivity index (χ0) is 36.6. The lowest BCUT2D eigenvalue weighted by Gasteiger charge is -2.49. The number of hydrogen-bond donors (Lipinski definition) is 11. The van der Waals surface area contributed by atoms with Crippen molar-refractivity contribution < 1.29 is 89.4 Å². The van der Waals surface area contributed by atoms with Crippen molar-refractivity contribution in [2.24, 2.45) is 5.41 Å². The van der Waals surface area contributed by atoms with E-state index in [-0.39, 0.29) is 12.2 Å². The molecule has 0 aromatic heterocycles. The Morgan fingerprint density at radius 3 is 1.67 bits per heavy atom. The van der Waals surface area contributed by atoms with E-state index in [2.05, 4.69) is 0 Å². The molecule has 0 aromatic carbocycles. The number of carbonyl (C=O) groups is 1. The van der Waals surface area contributed by atoms with Crippen molar-refractivity contribution in [2.75, 3.05) is 19.8 Å². The van der Waals surface area contributed by atoms with E-state index in [1.54, 1.807) is 27.7 Å². The molecule has 18 heteroatoms. The van der Waals surface area contributed by atoms with Gasteiger partial charge in [-0.3, -0.25) is 4.79 Å². The van der Waals surface area contributed by atoms with E-state index in [4.69, 9.17) is 28.4 Å². The molecule has 4 aliphatic rings. The van der Waals surface area contributed by atoms with Crippen LogP contribution in [0.5, 0.6) is 0 Å². The molecule has 3 heterocycles. The van der Waals surface area contributed by atoms with Crippen molar-refractivity contribution in [3.8, 4) is 0 Å². The standard InChI is InChI=1S/C31H50O18/c1-12-7-14(35)8-30(3,4)31(12,43)6-5-13(2)44-29-26(49-28-24(42)22(40)19(37)16(10-33)46-28)25(20(38)17(11-34)47-29)48-27-23(41)21(39)18(36)15(9-32)45-27/h5-7,13,15-29,32-34,36-43H,8-11H2,1-4H3/b6-5+/t13-,15+,16+,17-,18+,19+,20-,21-,22-,23+,24+,25+,26-,27-,28-,29-,31+/m1/s1. The molecule has 0 aromatic rings. The summed E-state index contributed by atoms with van der Waals surface area (Å²) in [5.41, 5.74) is -2.06. The summed E-state index contributed by atoms with van der Waals surface area (Å²) in [4.78, 5) is 12.2. The summed E-state index contributed by atoms with van der Waals surface area (Å²) in [5.74, 6) is -0.146. The smallest absolute Gasteiger partial charge is 0.187 e. The van der Waals surface area contributed by atoms with Gasteiger partial charge in [-0.05, 0) is 31.6 Å². The quantitative estimate of drug-likeness (QED) is 0.0896. The van der Waals surface area contributed by atoms with Gasteiger partial charge in [0.05, 0.1) is 25.9 Å². The monoisotopic (exact) mass is 710 g/mol. The first kappa shape index (κ1) is 40.2. The second-order valence-electron chi connectivity index (χ2n) is 13.6. The predicted octanol–water partition coefficient (Wildman–Crippen LogP) is -4.93. The molecule has 0 radical (unpaired) electrons. The van der Waals surface area contributed by atoms with Crippen molar-refractivity contribution in [1.29, 1.82) is 0 Å². The predicted molar refractivity (Wildman–Crippen MR) is 161 cm³/mol. The number of allylic oxidation sites excluding steroid dienone is 1. The minimum Gasteiger partial charge on any atom is -0.394 e. The molecule has 0 amide bonds. The molecule has 4 rings (SSSR count). The van der Waals surface area contributed by atoms with E-state index in [1.165, 1.54) is 18.2 Å². The van der Waals surface area contributed by atoms with E-state index in [0.29, 0.717) is 5.57 Å². The van der Waals surface area contributed by atoms with Gasteiger partial charge in [0.1, 0.15) is 78.8 Å². The number of carbonyl (C=O) groups excluding carboxylic acids is 1. The van der Waals surface area contributed by atoms with Crippen molar-refractivity contribution in [1.82, 2.24) is 0 Å². The van der Waals surface area contributed by atoms with Crippen LogP contribution >= 0.6 is 0 Å². The number of ketones is 1. The fourth-order valence-electron chi connectivity index (χ4n) is 6.52. The third-order valence-electron chi connectivity index (χ3n) is 9.66. The largest absolute Gasteiger partial charge is 0.394 e. The Morgan fingerprint density at radius 2 is 1.20 bits per heavy atom. The minimum atomic E-state index is -1.93. The number of aliphatic hydroxyl groups is 11. The van der Waals surface area contributed by atoms with Crippen LogP contribution < -0.4 is 0 Å². The lowest BCUT2D eigenvalue weighted by Crippen LogP contribution is -2.67. The molecule has 0 bridgehead atoms. The van der Waals surface area contributed by atoms with Gasteiger partial charge in [-0.25, -0.2) is 0 Å². The lowest BCUT2D eigenvalue weighted by molar-refractivity contribution is -0.393. The van der Waals surface area contributed by atoms with Gasteiger partial charge in [0.15, 0.2) is 24.7 Å². The van der Waals surface area contributed by atoms with E-state index >= 15 is 0 Å². The summed E-state index contributed by atoms with van der Waals surface area (Å²) < 4.78 is 34.7. The van der Waals surface area contributed by atoms with Gasteiger partial charge < -0.3 is 84.6 Å². The summed E-state index contributed by atoms with van der Waals surface area (Å²) in [6.45, 7) is 4.19. The molecule has 49 heavy (non-hydrogen) atoms. The molecule has 11 N–H and O–H groups in total. The zero-order valence-corrected chi connectivity index (χ0v) is 27.6. The molecule has 18 nitrogen and oxygen atoms in total. The van der Waals surface area contributed by atoms with Gasteiger partial charge in [0.2, 0.25) is 0 Å². The molecule has 0 unspecified atom stereocenters. The summed E-state index contributed by atoms with van der Waals surface area (Å²) >= 11 is 0. The number of ether oxygens (including phenoxy) is 6. The Bertz CT molecular complexity index is 1180. The number of aliphatic hydroxyl groups excluding tert-OH is 10. The van der Waals surface area contributed by atoms with Crippen LogP contribution in [-0.2, 0) is 33.2 Å². The van der Waals surface area contributed by atoms with Crippen LogP contribution in [-0.4, -0.2) is 186 Å². The Kier molecular flexibility index (Phi) is 13.1. The first-order valence-corrected chi connectivity index (χ1v) is 16.1. The molecule has 3 aliphatic heterocycles. The number of rotatable bonds is 11. The van der Waals surface area contributed by atoms with Crippen molar-refractivity contribution in [3.05, 3.63) is 23.8 Å². The Balaban J connectivity index is 1.67. The minimum absolute atomic E-state index is 0.0637. The molecule has 282 valence electrons. The first-order valence-electron chi connectivity index (χ1n) is 16.1. The lowest BCUT2D eigenvalue weighted by atomic mass is 9.64. The second kappa shape index (κ2) is 16.0. The van der Waals surface area contributed by atoms with Crippen molar-refractivity contribution in [3.63, 3.8) is 0 Å². The van der Waals surface area contributed by atoms with Crippen LogP contribution in [0.25, 0.3) is 0 Å². The van der Waals surface area contributed by atoms with E-state index < -0.39 is 129 Å². The normalized spacial score (nSPS) is 46.9. The van der Waals surface area contributed by atoms with Crippen LogP contribution in [0.2, 0.25) is 0 Å². The molecule has 3 saturated heterocycles. The van der Waals surface area contributed by atoms with Crippen LogP contribution in [0.3, 0.4) is 0 Å². The fraction of sp³-hybridized carbons (Fsp3) is 0.839. The maximum absolute atomic E-state index is 12.2. The molecule has 1 aliphatic carbocycles. The van der Waals surface area contributed by atoms with Crippen LogP contribution in [0.4, 0.5) is 0 Å². The van der Waals surface area contributed by atoms with Gasteiger partial charge in [0, 0.05) is 11.8 Å².